The number of hydrogen-bond donors (Lipinski definition) is 1. The number of hydrogen-bond acceptors (Lipinski definition) is 6. The van der Waals surface area contributed by atoms with E-state index in [1.807, 2.05) is 18.2 Å². The maximum absolute atomic E-state index is 15.3. The minimum absolute atomic E-state index is 0.0576. The Labute approximate surface area is 256 Å². The van der Waals surface area contributed by atoms with Gasteiger partial charge in [-0.15, -0.1) is 0 Å². The summed E-state index contributed by atoms with van der Waals surface area (Å²) in [5.74, 6) is 2.11. The number of fused-ring (bicyclic) bond motifs is 1. The number of anilines is 1. The number of nitrogens with zero attached hydrogens (tertiary/aromatic N) is 2. The lowest BCUT2D eigenvalue weighted by Gasteiger charge is -2.35. The van der Waals surface area contributed by atoms with Crippen LogP contribution in [-0.2, 0) is 17.6 Å². The van der Waals surface area contributed by atoms with E-state index in [0.29, 0.717) is 29.9 Å². The zero-order chi connectivity index (χ0) is 30.3. The van der Waals surface area contributed by atoms with Crippen molar-refractivity contribution in [2.75, 3.05) is 58.5 Å². The van der Waals surface area contributed by atoms with Crippen LogP contribution in [0.1, 0.15) is 67.3 Å². The molecule has 1 aliphatic carbocycles. The lowest BCUT2D eigenvalue weighted by atomic mass is 9.79. The molecule has 1 unspecified atom stereocenters. The maximum Gasteiger partial charge on any atom is 0.165 e. The molecule has 2 aliphatic rings. The van der Waals surface area contributed by atoms with Gasteiger partial charge in [-0.25, -0.2) is 4.39 Å². The number of likely N-dealkylation sites (N-methyl/N-ethyl adjacent to an activating group) is 1. The summed E-state index contributed by atoms with van der Waals surface area (Å²) in [5, 5.41) is 9.94. The summed E-state index contributed by atoms with van der Waals surface area (Å²) in [5.41, 5.74) is 5.82. The summed E-state index contributed by atoms with van der Waals surface area (Å²) >= 11 is 0. The van der Waals surface area contributed by atoms with Crippen LogP contribution in [0.25, 0.3) is 0 Å². The Morgan fingerprint density at radius 3 is 2.58 bits per heavy atom. The zero-order valence-electron chi connectivity index (χ0n) is 26.2. The molecule has 232 valence electrons. The van der Waals surface area contributed by atoms with E-state index in [1.165, 1.54) is 16.7 Å². The topological polar surface area (TPSA) is 54.4 Å². The first-order valence-corrected chi connectivity index (χ1v) is 15.8. The molecule has 0 saturated carbocycles. The number of benzene rings is 3. The summed E-state index contributed by atoms with van der Waals surface area (Å²) in [6.07, 6.45) is 5.06. The molecule has 7 heteroatoms. The monoisotopic (exact) mass is 590 g/mol. The number of phenols is 1. The SMILES string of the molecule is CCN(c1cc(OC)ccc1[C@@H]1CCc2cc(O)ccc2C1)C(C)c1ccc(OCCN(C)CC2CCOCC2)c(F)c1. The van der Waals surface area contributed by atoms with Crippen LogP contribution in [-0.4, -0.2) is 63.6 Å². The van der Waals surface area contributed by atoms with Crippen LogP contribution in [0.4, 0.5) is 10.1 Å². The van der Waals surface area contributed by atoms with Crippen molar-refractivity contribution in [1.29, 1.82) is 0 Å². The number of ether oxygens (including phenoxy) is 3. The van der Waals surface area contributed by atoms with Crippen molar-refractivity contribution in [1.82, 2.24) is 4.90 Å². The maximum atomic E-state index is 15.3. The van der Waals surface area contributed by atoms with E-state index in [4.69, 9.17) is 14.2 Å². The molecule has 0 spiro atoms. The fraction of sp³-hybridized carbons (Fsp3) is 0.500. The van der Waals surface area contributed by atoms with Crippen molar-refractivity contribution < 1.29 is 23.7 Å². The van der Waals surface area contributed by atoms with Crippen molar-refractivity contribution in [2.24, 2.45) is 5.92 Å². The van der Waals surface area contributed by atoms with Gasteiger partial charge >= 0.3 is 0 Å². The highest BCUT2D eigenvalue weighted by molar-refractivity contribution is 5.61. The average molecular weight is 591 g/mol. The quantitative estimate of drug-likeness (QED) is 0.242. The molecule has 0 amide bonds. The molecule has 1 saturated heterocycles. The number of aryl methyl sites for hydroxylation is 1. The van der Waals surface area contributed by atoms with Gasteiger partial charge in [0.05, 0.1) is 13.2 Å². The van der Waals surface area contributed by atoms with Gasteiger partial charge in [0, 0.05) is 44.6 Å². The molecule has 2 atom stereocenters. The molecule has 1 fully saturated rings. The van der Waals surface area contributed by atoms with Gasteiger partial charge in [0.2, 0.25) is 0 Å². The first kappa shape index (κ1) is 31.1. The second-order valence-electron chi connectivity index (χ2n) is 12.1. The summed E-state index contributed by atoms with van der Waals surface area (Å²) in [6, 6.07) is 17.4. The average Bonchev–Trinajstić information content (AvgIpc) is 3.02. The van der Waals surface area contributed by atoms with Gasteiger partial charge in [0.15, 0.2) is 11.6 Å². The third kappa shape index (κ3) is 7.63. The van der Waals surface area contributed by atoms with Gasteiger partial charge in [0.25, 0.3) is 0 Å². The van der Waals surface area contributed by atoms with E-state index in [0.717, 1.165) is 82.0 Å². The van der Waals surface area contributed by atoms with Gasteiger partial charge in [-0.1, -0.05) is 18.2 Å². The minimum atomic E-state index is -0.328. The van der Waals surface area contributed by atoms with Crippen molar-refractivity contribution in [2.45, 2.75) is 57.9 Å². The molecule has 1 heterocycles. The van der Waals surface area contributed by atoms with Crippen molar-refractivity contribution in [3.63, 3.8) is 0 Å². The second kappa shape index (κ2) is 14.5. The van der Waals surface area contributed by atoms with Crippen LogP contribution in [0.3, 0.4) is 0 Å². The molecule has 6 nitrogen and oxygen atoms in total. The number of aromatic hydroxyl groups is 1. The van der Waals surface area contributed by atoms with E-state index in [2.05, 4.69) is 48.9 Å². The molecular formula is C36H47FN2O4. The van der Waals surface area contributed by atoms with Crippen LogP contribution in [0.15, 0.2) is 54.6 Å². The summed E-state index contributed by atoms with van der Waals surface area (Å²) in [7, 11) is 3.79. The minimum Gasteiger partial charge on any atom is -0.508 e. The van der Waals surface area contributed by atoms with Gasteiger partial charge in [-0.2, -0.15) is 0 Å². The van der Waals surface area contributed by atoms with Crippen molar-refractivity contribution in [3.8, 4) is 17.2 Å². The van der Waals surface area contributed by atoms with Crippen LogP contribution < -0.4 is 14.4 Å². The van der Waals surface area contributed by atoms with Crippen molar-refractivity contribution >= 4 is 5.69 Å². The lowest BCUT2D eigenvalue weighted by molar-refractivity contribution is 0.0542. The Bertz CT molecular complexity index is 1360. The van der Waals surface area contributed by atoms with Crippen LogP contribution in [0, 0.1) is 11.7 Å². The summed E-state index contributed by atoms with van der Waals surface area (Å²) in [4.78, 5) is 4.61. The molecule has 43 heavy (non-hydrogen) atoms. The Balaban J connectivity index is 1.28. The number of halogens is 1. The Kier molecular flexibility index (Phi) is 10.5. The second-order valence-corrected chi connectivity index (χ2v) is 12.1. The number of rotatable bonds is 12. The molecule has 3 aromatic rings. The standard InChI is InChI=1S/C36H47FN2O4/c1-5-39(35-23-32(41-4)11-12-33(35)30-7-6-29-21-31(40)10-8-28(29)20-30)25(2)27-9-13-36(34(37)22-27)43-19-16-38(3)24-26-14-17-42-18-15-26/h8-13,21-23,25-26,30,40H,5-7,14-20,24H2,1-4H3/t25?,30-/m1/s1. The molecule has 5 rings (SSSR count). The first-order valence-electron chi connectivity index (χ1n) is 15.8. The van der Waals surface area contributed by atoms with Gasteiger partial charge in [0.1, 0.15) is 18.1 Å². The van der Waals surface area contributed by atoms with Crippen molar-refractivity contribution in [3.05, 3.63) is 82.7 Å². The molecule has 3 aromatic carbocycles. The van der Waals surface area contributed by atoms with Crippen LogP contribution >= 0.6 is 0 Å². The highest BCUT2D eigenvalue weighted by Crippen LogP contribution is 2.42. The van der Waals surface area contributed by atoms with E-state index in [1.54, 1.807) is 25.3 Å². The van der Waals surface area contributed by atoms with E-state index in [-0.39, 0.29) is 11.9 Å². The third-order valence-corrected chi connectivity index (χ3v) is 9.29. The van der Waals surface area contributed by atoms with E-state index >= 15 is 4.39 Å². The molecule has 0 aromatic heterocycles. The Hall–Kier alpha value is -3.29. The number of methoxy groups -OCH3 is 1. The van der Waals surface area contributed by atoms with Gasteiger partial charge in [-0.3, -0.25) is 0 Å². The zero-order valence-corrected chi connectivity index (χ0v) is 26.2. The van der Waals surface area contributed by atoms with Crippen LogP contribution in [0.2, 0.25) is 0 Å². The molecule has 0 radical (unpaired) electrons. The first-order chi connectivity index (χ1) is 20.9. The molecule has 0 bridgehead atoms. The summed E-state index contributed by atoms with van der Waals surface area (Å²) in [6.45, 7) is 8.95. The van der Waals surface area contributed by atoms with Gasteiger partial charge < -0.3 is 29.1 Å². The smallest absolute Gasteiger partial charge is 0.165 e. The normalized spacial score (nSPS) is 17.9. The molecular weight excluding hydrogens is 543 g/mol. The van der Waals surface area contributed by atoms with E-state index < -0.39 is 0 Å². The Morgan fingerprint density at radius 1 is 1.02 bits per heavy atom. The predicted molar refractivity (Wildman–Crippen MR) is 170 cm³/mol. The van der Waals surface area contributed by atoms with E-state index in [9.17, 15) is 5.11 Å². The third-order valence-electron chi connectivity index (χ3n) is 9.29. The molecule has 1 N–H and O–H groups in total. The fourth-order valence-electron chi connectivity index (χ4n) is 6.75. The Morgan fingerprint density at radius 2 is 1.84 bits per heavy atom. The van der Waals surface area contributed by atoms with Crippen LogP contribution in [0.5, 0.6) is 17.2 Å². The van der Waals surface area contributed by atoms with Gasteiger partial charge in [-0.05, 0) is 117 Å². The fourth-order valence-corrected chi connectivity index (χ4v) is 6.75. The summed E-state index contributed by atoms with van der Waals surface area (Å²) < 4.78 is 32.3. The highest BCUT2D eigenvalue weighted by Gasteiger charge is 2.27. The molecule has 1 aliphatic heterocycles. The largest absolute Gasteiger partial charge is 0.508 e. The highest BCUT2D eigenvalue weighted by atomic mass is 19.1. The predicted octanol–water partition coefficient (Wildman–Crippen LogP) is 7.14. The lowest BCUT2D eigenvalue weighted by Crippen LogP contribution is -2.32. The number of phenolic OH excluding ortho intramolecular Hbond substituents is 1.